The highest BCUT2D eigenvalue weighted by Crippen LogP contribution is 2.34. The summed E-state index contributed by atoms with van der Waals surface area (Å²) in [5.41, 5.74) is 1.88. The Morgan fingerprint density at radius 1 is 1.33 bits per heavy atom. The van der Waals surface area contributed by atoms with Crippen LogP contribution in [0.25, 0.3) is 0 Å². The van der Waals surface area contributed by atoms with Crippen LogP contribution < -0.4 is 5.32 Å². The maximum atomic E-state index is 5.72. The van der Waals surface area contributed by atoms with E-state index in [0.717, 1.165) is 25.4 Å². The number of piperidine rings is 1. The molecular weight excluding hydrogens is 260 g/mol. The van der Waals surface area contributed by atoms with Gasteiger partial charge in [-0.25, -0.2) is 0 Å². The lowest BCUT2D eigenvalue weighted by Gasteiger charge is -2.38. The Kier molecular flexibility index (Phi) is 5.88. The van der Waals surface area contributed by atoms with E-state index in [4.69, 9.17) is 4.42 Å². The maximum absolute atomic E-state index is 5.72. The molecule has 1 saturated heterocycles. The summed E-state index contributed by atoms with van der Waals surface area (Å²) in [6.07, 6.45) is 5.75. The summed E-state index contributed by atoms with van der Waals surface area (Å²) in [7, 11) is 0. The lowest BCUT2D eigenvalue weighted by atomic mass is 9.78. The molecule has 1 fully saturated rings. The van der Waals surface area contributed by atoms with Crippen molar-refractivity contribution < 1.29 is 4.42 Å². The van der Waals surface area contributed by atoms with E-state index in [-0.39, 0.29) is 0 Å². The smallest absolute Gasteiger partial charge is 0.122 e. The fourth-order valence-corrected chi connectivity index (χ4v) is 2.97. The quantitative estimate of drug-likeness (QED) is 0.822. The van der Waals surface area contributed by atoms with Gasteiger partial charge in [0.2, 0.25) is 0 Å². The third-order valence-electron chi connectivity index (χ3n) is 4.99. The molecule has 0 atom stereocenters. The van der Waals surface area contributed by atoms with Crippen molar-refractivity contribution in [2.24, 2.45) is 11.3 Å². The minimum atomic E-state index is 0.557. The molecule has 2 heterocycles. The van der Waals surface area contributed by atoms with Gasteiger partial charge in [-0.2, -0.15) is 0 Å². The minimum absolute atomic E-state index is 0.557. The molecule has 2 rings (SSSR count). The van der Waals surface area contributed by atoms with Crippen LogP contribution in [0.5, 0.6) is 0 Å². The second-order valence-corrected chi connectivity index (χ2v) is 7.33. The number of likely N-dealkylation sites (tertiary alicyclic amines) is 1. The zero-order valence-electron chi connectivity index (χ0n) is 14.2. The first kappa shape index (κ1) is 16.6. The van der Waals surface area contributed by atoms with Gasteiger partial charge in [0, 0.05) is 12.1 Å². The Hall–Kier alpha value is -0.800. The summed E-state index contributed by atoms with van der Waals surface area (Å²) >= 11 is 0. The molecule has 1 aromatic rings. The third-order valence-corrected chi connectivity index (χ3v) is 4.99. The van der Waals surface area contributed by atoms with E-state index in [2.05, 4.69) is 44.0 Å². The Balaban J connectivity index is 1.82. The van der Waals surface area contributed by atoms with Gasteiger partial charge >= 0.3 is 0 Å². The van der Waals surface area contributed by atoms with Gasteiger partial charge in [-0.1, -0.05) is 34.1 Å². The van der Waals surface area contributed by atoms with Gasteiger partial charge in [0.15, 0.2) is 0 Å². The SMILES string of the molecule is CCC1(C)CCN(Cc2occc2CNCC(C)C)CC1. The number of furan rings is 1. The fraction of sp³-hybridized carbons (Fsp3) is 0.778. The summed E-state index contributed by atoms with van der Waals surface area (Å²) in [5.74, 6) is 1.83. The molecule has 0 aliphatic carbocycles. The van der Waals surface area contributed by atoms with Gasteiger partial charge in [0.05, 0.1) is 12.8 Å². The van der Waals surface area contributed by atoms with Gasteiger partial charge < -0.3 is 9.73 Å². The molecule has 0 bridgehead atoms. The predicted octanol–water partition coefficient (Wildman–Crippen LogP) is 4.04. The first-order valence-corrected chi connectivity index (χ1v) is 8.51. The Labute approximate surface area is 130 Å². The van der Waals surface area contributed by atoms with Crippen LogP contribution in [0.2, 0.25) is 0 Å². The lowest BCUT2D eigenvalue weighted by Crippen LogP contribution is -2.38. The van der Waals surface area contributed by atoms with Crippen molar-refractivity contribution in [3.8, 4) is 0 Å². The van der Waals surface area contributed by atoms with Crippen molar-refractivity contribution in [1.29, 1.82) is 0 Å². The second kappa shape index (κ2) is 7.46. The highest BCUT2D eigenvalue weighted by molar-refractivity contribution is 5.17. The third kappa shape index (κ3) is 4.86. The molecule has 0 unspecified atom stereocenters. The van der Waals surface area contributed by atoms with E-state index in [1.165, 1.54) is 37.9 Å². The summed E-state index contributed by atoms with van der Waals surface area (Å²) in [6, 6.07) is 2.11. The van der Waals surface area contributed by atoms with E-state index in [1.807, 2.05) is 6.26 Å². The molecule has 3 heteroatoms. The number of nitrogens with zero attached hydrogens (tertiary/aromatic N) is 1. The van der Waals surface area contributed by atoms with Crippen LogP contribution >= 0.6 is 0 Å². The molecule has 0 radical (unpaired) electrons. The Morgan fingerprint density at radius 3 is 2.67 bits per heavy atom. The van der Waals surface area contributed by atoms with Crippen LogP contribution in [-0.2, 0) is 13.1 Å². The van der Waals surface area contributed by atoms with Gasteiger partial charge in [0.1, 0.15) is 5.76 Å². The maximum Gasteiger partial charge on any atom is 0.122 e. The van der Waals surface area contributed by atoms with Crippen molar-refractivity contribution in [3.05, 3.63) is 23.7 Å². The lowest BCUT2D eigenvalue weighted by molar-refractivity contribution is 0.104. The Morgan fingerprint density at radius 2 is 2.05 bits per heavy atom. The number of rotatable bonds is 7. The molecular formula is C18H32N2O. The van der Waals surface area contributed by atoms with Crippen LogP contribution in [0.1, 0.15) is 58.3 Å². The molecule has 1 aliphatic heterocycles. The van der Waals surface area contributed by atoms with Gasteiger partial charge in [-0.15, -0.1) is 0 Å². The van der Waals surface area contributed by atoms with Crippen molar-refractivity contribution in [3.63, 3.8) is 0 Å². The van der Waals surface area contributed by atoms with E-state index < -0.39 is 0 Å². The van der Waals surface area contributed by atoms with Crippen LogP contribution in [0.4, 0.5) is 0 Å². The van der Waals surface area contributed by atoms with Crippen LogP contribution in [0, 0.1) is 11.3 Å². The molecule has 0 amide bonds. The number of hydrogen-bond donors (Lipinski definition) is 1. The standard InChI is InChI=1S/C18H32N2O/c1-5-18(4)7-9-20(10-8-18)14-17-16(6-11-21-17)13-19-12-15(2)3/h6,11,15,19H,5,7-10,12-14H2,1-4H3. The second-order valence-electron chi connectivity index (χ2n) is 7.33. The normalized spacial score (nSPS) is 19.3. The zero-order valence-corrected chi connectivity index (χ0v) is 14.2. The zero-order chi connectivity index (χ0) is 15.3. The molecule has 0 spiro atoms. The average molecular weight is 292 g/mol. The molecule has 1 N–H and O–H groups in total. The summed E-state index contributed by atoms with van der Waals surface area (Å²) in [4.78, 5) is 2.54. The van der Waals surface area contributed by atoms with Crippen molar-refractivity contribution in [1.82, 2.24) is 10.2 Å². The van der Waals surface area contributed by atoms with E-state index in [1.54, 1.807) is 0 Å². The fourth-order valence-electron chi connectivity index (χ4n) is 2.97. The van der Waals surface area contributed by atoms with Crippen molar-refractivity contribution in [2.75, 3.05) is 19.6 Å². The summed E-state index contributed by atoms with van der Waals surface area (Å²) in [6.45, 7) is 14.6. The van der Waals surface area contributed by atoms with Gasteiger partial charge in [-0.3, -0.25) is 4.90 Å². The van der Waals surface area contributed by atoms with Crippen molar-refractivity contribution in [2.45, 2.75) is 60.0 Å². The molecule has 3 nitrogen and oxygen atoms in total. The van der Waals surface area contributed by atoms with Crippen molar-refractivity contribution >= 4 is 0 Å². The van der Waals surface area contributed by atoms with E-state index in [0.29, 0.717) is 11.3 Å². The van der Waals surface area contributed by atoms with Gasteiger partial charge in [-0.05, 0) is 49.9 Å². The summed E-state index contributed by atoms with van der Waals surface area (Å²) < 4.78 is 5.72. The highest BCUT2D eigenvalue weighted by atomic mass is 16.3. The van der Waals surface area contributed by atoms with Crippen LogP contribution in [0.15, 0.2) is 16.7 Å². The predicted molar refractivity (Wildman–Crippen MR) is 88.2 cm³/mol. The topological polar surface area (TPSA) is 28.4 Å². The molecule has 21 heavy (non-hydrogen) atoms. The van der Waals surface area contributed by atoms with Crippen LogP contribution in [-0.4, -0.2) is 24.5 Å². The highest BCUT2D eigenvalue weighted by Gasteiger charge is 2.28. The van der Waals surface area contributed by atoms with E-state index >= 15 is 0 Å². The molecule has 1 aliphatic rings. The number of nitrogens with one attached hydrogen (secondary N) is 1. The van der Waals surface area contributed by atoms with Crippen LogP contribution in [0.3, 0.4) is 0 Å². The first-order valence-electron chi connectivity index (χ1n) is 8.51. The average Bonchev–Trinajstić information content (AvgIpc) is 2.89. The molecule has 120 valence electrons. The minimum Gasteiger partial charge on any atom is -0.468 e. The van der Waals surface area contributed by atoms with Gasteiger partial charge in [0.25, 0.3) is 0 Å². The first-order chi connectivity index (χ1) is 10.0. The molecule has 0 saturated carbocycles. The Bertz CT molecular complexity index is 417. The van der Waals surface area contributed by atoms with E-state index in [9.17, 15) is 0 Å². The largest absolute Gasteiger partial charge is 0.468 e. The summed E-state index contributed by atoms with van der Waals surface area (Å²) in [5, 5.41) is 3.51. The molecule has 1 aromatic heterocycles. The molecule has 0 aromatic carbocycles. The number of hydrogen-bond acceptors (Lipinski definition) is 3. The monoisotopic (exact) mass is 292 g/mol.